The number of nitrogens with zero attached hydrogens (tertiary/aromatic N) is 3. The molecular weight excluding hydrogens is 424 g/mol. The number of hydrogen-bond donors (Lipinski definition) is 1. The molecule has 3 aromatic rings. The van der Waals surface area contributed by atoms with E-state index < -0.39 is 17.5 Å². The molecule has 0 spiro atoms. The van der Waals surface area contributed by atoms with Gasteiger partial charge in [0, 0.05) is 17.9 Å². The van der Waals surface area contributed by atoms with E-state index in [1.165, 1.54) is 31.4 Å². The van der Waals surface area contributed by atoms with Crippen molar-refractivity contribution in [2.75, 3.05) is 7.11 Å². The summed E-state index contributed by atoms with van der Waals surface area (Å²) in [5, 5.41) is 9.75. The number of aryl methyl sites for hydroxylation is 1. The number of esters is 2. The van der Waals surface area contributed by atoms with Crippen LogP contribution in [0.4, 0.5) is 0 Å². The molecular formula is C24H24N4O5. The maximum atomic E-state index is 12.5. The molecule has 0 aliphatic heterocycles. The molecule has 1 N–H and O–H groups in total. The number of fused-ring (bicyclic) bond motifs is 1. The number of aromatic amines is 1. The van der Waals surface area contributed by atoms with Gasteiger partial charge in [0.1, 0.15) is 24.1 Å². The average Bonchev–Trinajstić information content (AvgIpc) is 3.07. The van der Waals surface area contributed by atoms with Crippen LogP contribution in [0.3, 0.4) is 0 Å². The van der Waals surface area contributed by atoms with Crippen LogP contribution in [-0.2, 0) is 27.4 Å². The number of hydrogen-bond acceptors (Lipinski definition) is 7. The highest BCUT2D eigenvalue weighted by Crippen LogP contribution is 2.19. The summed E-state index contributed by atoms with van der Waals surface area (Å²) >= 11 is 0. The van der Waals surface area contributed by atoms with E-state index in [-0.39, 0.29) is 34.5 Å². The highest BCUT2D eigenvalue weighted by atomic mass is 16.5. The van der Waals surface area contributed by atoms with E-state index in [1.54, 1.807) is 0 Å². The van der Waals surface area contributed by atoms with Crippen LogP contribution < -0.4 is 5.56 Å². The SMILES string of the molecule is CCCn1c(C)cc(/C=C(\C#N)C(=O)OCc2nc3cc(C(=O)OC)ccc3c(=O)[nH]2)c1C. The summed E-state index contributed by atoms with van der Waals surface area (Å²) in [6.45, 7) is 6.48. The third kappa shape index (κ3) is 5.01. The lowest BCUT2D eigenvalue weighted by molar-refractivity contribution is -0.139. The smallest absolute Gasteiger partial charge is 0.349 e. The van der Waals surface area contributed by atoms with E-state index in [0.717, 1.165) is 29.9 Å². The number of H-pyrrole nitrogens is 1. The van der Waals surface area contributed by atoms with Crippen molar-refractivity contribution < 1.29 is 19.1 Å². The van der Waals surface area contributed by atoms with E-state index in [2.05, 4.69) is 26.2 Å². The Bertz CT molecular complexity index is 1360. The molecule has 0 atom stereocenters. The maximum Gasteiger partial charge on any atom is 0.349 e. The Hall–Kier alpha value is -4.19. The molecule has 170 valence electrons. The number of rotatable bonds is 7. The van der Waals surface area contributed by atoms with Crippen LogP contribution >= 0.6 is 0 Å². The largest absolute Gasteiger partial charge is 0.465 e. The molecule has 33 heavy (non-hydrogen) atoms. The second kappa shape index (κ2) is 9.96. The maximum absolute atomic E-state index is 12.5. The fraction of sp³-hybridized carbons (Fsp3) is 0.292. The van der Waals surface area contributed by atoms with Crippen LogP contribution in [-0.4, -0.2) is 33.6 Å². The summed E-state index contributed by atoms with van der Waals surface area (Å²) in [5.41, 5.74) is 2.65. The van der Waals surface area contributed by atoms with Crippen LogP contribution in [0.1, 0.15) is 46.5 Å². The molecule has 0 fully saturated rings. The molecule has 0 amide bonds. The van der Waals surface area contributed by atoms with Crippen molar-refractivity contribution in [2.24, 2.45) is 0 Å². The molecule has 9 heteroatoms. The molecule has 0 aliphatic rings. The number of ether oxygens (including phenoxy) is 2. The Kier molecular flexibility index (Phi) is 7.08. The highest BCUT2D eigenvalue weighted by molar-refractivity contribution is 5.98. The number of carbonyl (C=O) groups excluding carboxylic acids is 2. The lowest BCUT2D eigenvalue weighted by Crippen LogP contribution is -2.15. The van der Waals surface area contributed by atoms with E-state index in [9.17, 15) is 19.6 Å². The molecule has 3 rings (SSSR count). The van der Waals surface area contributed by atoms with Crippen molar-refractivity contribution in [1.29, 1.82) is 5.26 Å². The van der Waals surface area contributed by atoms with Gasteiger partial charge in [-0.25, -0.2) is 14.6 Å². The van der Waals surface area contributed by atoms with Crippen LogP contribution in [0.25, 0.3) is 17.0 Å². The first-order valence-corrected chi connectivity index (χ1v) is 10.4. The molecule has 0 aliphatic carbocycles. The fourth-order valence-electron chi connectivity index (χ4n) is 3.55. The second-order valence-electron chi connectivity index (χ2n) is 7.46. The van der Waals surface area contributed by atoms with E-state index >= 15 is 0 Å². The minimum atomic E-state index is -0.830. The summed E-state index contributed by atoms with van der Waals surface area (Å²) in [6, 6.07) is 8.15. The number of aromatic nitrogens is 3. The van der Waals surface area contributed by atoms with Gasteiger partial charge in [0.15, 0.2) is 0 Å². The van der Waals surface area contributed by atoms with E-state index in [4.69, 9.17) is 4.74 Å². The number of methoxy groups -OCH3 is 1. The normalized spacial score (nSPS) is 11.3. The third-order valence-electron chi connectivity index (χ3n) is 5.22. The Labute approximate surface area is 190 Å². The zero-order chi connectivity index (χ0) is 24.1. The van der Waals surface area contributed by atoms with Crippen molar-refractivity contribution in [3.8, 4) is 6.07 Å². The van der Waals surface area contributed by atoms with Gasteiger partial charge in [-0.15, -0.1) is 0 Å². The lowest BCUT2D eigenvalue weighted by atomic mass is 10.1. The summed E-state index contributed by atoms with van der Waals surface area (Å²) in [5.74, 6) is -1.31. The van der Waals surface area contributed by atoms with Gasteiger partial charge in [0.05, 0.1) is 23.6 Å². The van der Waals surface area contributed by atoms with E-state index in [0.29, 0.717) is 0 Å². The highest BCUT2D eigenvalue weighted by Gasteiger charge is 2.16. The van der Waals surface area contributed by atoms with Crippen LogP contribution in [0.2, 0.25) is 0 Å². The molecule has 0 saturated carbocycles. The monoisotopic (exact) mass is 448 g/mol. The quantitative estimate of drug-likeness (QED) is 0.334. The van der Waals surface area contributed by atoms with Gasteiger partial charge < -0.3 is 19.0 Å². The zero-order valence-corrected chi connectivity index (χ0v) is 18.9. The first kappa shape index (κ1) is 23.5. The average molecular weight is 448 g/mol. The van der Waals surface area contributed by atoms with Crippen molar-refractivity contribution in [2.45, 2.75) is 40.3 Å². The number of nitrogens with one attached hydrogen (secondary N) is 1. The zero-order valence-electron chi connectivity index (χ0n) is 18.9. The number of carbonyl (C=O) groups is 2. The van der Waals surface area contributed by atoms with Gasteiger partial charge in [0.25, 0.3) is 5.56 Å². The van der Waals surface area contributed by atoms with Gasteiger partial charge in [-0.2, -0.15) is 5.26 Å². The predicted octanol–water partition coefficient (Wildman–Crippen LogP) is 3.19. The van der Waals surface area contributed by atoms with Gasteiger partial charge in [-0.05, 0) is 56.2 Å². The minimum absolute atomic E-state index is 0.0845. The Morgan fingerprint density at radius 3 is 2.70 bits per heavy atom. The Morgan fingerprint density at radius 1 is 1.27 bits per heavy atom. The molecule has 1 aromatic carbocycles. The fourth-order valence-corrected chi connectivity index (χ4v) is 3.55. The lowest BCUT2D eigenvalue weighted by Gasteiger charge is -2.07. The topological polar surface area (TPSA) is 127 Å². The van der Waals surface area contributed by atoms with Crippen molar-refractivity contribution in [3.63, 3.8) is 0 Å². The first-order chi connectivity index (χ1) is 15.8. The van der Waals surface area contributed by atoms with Crippen LogP contribution in [0.15, 0.2) is 34.6 Å². The van der Waals surface area contributed by atoms with Gasteiger partial charge in [0.2, 0.25) is 0 Å². The summed E-state index contributed by atoms with van der Waals surface area (Å²) in [4.78, 5) is 43.4. The standard InChI is InChI=1S/C24H24N4O5/c1-5-8-28-14(2)9-17(15(28)3)10-18(12-25)24(31)33-13-21-26-20-11-16(23(30)32-4)6-7-19(20)22(29)27-21/h6-7,9-11H,5,8,13H2,1-4H3,(H,26,27,29)/b18-10+. The summed E-state index contributed by atoms with van der Waals surface area (Å²) in [7, 11) is 1.25. The molecule has 0 saturated heterocycles. The van der Waals surface area contributed by atoms with Gasteiger partial charge in [-0.1, -0.05) is 6.92 Å². The van der Waals surface area contributed by atoms with Crippen LogP contribution in [0, 0.1) is 25.2 Å². The van der Waals surface area contributed by atoms with Crippen LogP contribution in [0.5, 0.6) is 0 Å². The number of benzene rings is 1. The predicted molar refractivity (Wildman–Crippen MR) is 121 cm³/mol. The molecule has 0 bridgehead atoms. The first-order valence-electron chi connectivity index (χ1n) is 10.4. The summed E-state index contributed by atoms with van der Waals surface area (Å²) in [6.07, 6.45) is 2.46. The molecule has 0 radical (unpaired) electrons. The molecule has 2 aromatic heterocycles. The minimum Gasteiger partial charge on any atom is -0.465 e. The van der Waals surface area contributed by atoms with Crippen molar-refractivity contribution >= 4 is 28.9 Å². The van der Waals surface area contributed by atoms with Gasteiger partial charge >= 0.3 is 11.9 Å². The molecule has 0 unspecified atom stereocenters. The van der Waals surface area contributed by atoms with E-state index in [1.807, 2.05) is 26.0 Å². The van der Waals surface area contributed by atoms with Gasteiger partial charge in [-0.3, -0.25) is 4.79 Å². The Morgan fingerprint density at radius 2 is 2.03 bits per heavy atom. The number of nitriles is 1. The van der Waals surface area contributed by atoms with Crippen molar-refractivity contribution in [3.05, 3.63) is 68.5 Å². The third-order valence-corrected chi connectivity index (χ3v) is 5.22. The molecule has 2 heterocycles. The molecule has 9 nitrogen and oxygen atoms in total. The second-order valence-corrected chi connectivity index (χ2v) is 7.46. The Balaban J connectivity index is 1.82. The summed E-state index contributed by atoms with van der Waals surface area (Å²) < 4.78 is 12.0. The van der Waals surface area contributed by atoms with Crippen molar-refractivity contribution in [1.82, 2.24) is 14.5 Å².